The SMILES string of the molecule is CC(=O)c1cccc(NC(=O)c2cc([N+](=O)[O-])ccc2N2CCCCC2)c1. The molecule has 0 aromatic heterocycles. The van der Waals surface area contributed by atoms with Crippen LogP contribution in [0.4, 0.5) is 17.1 Å². The van der Waals surface area contributed by atoms with Gasteiger partial charge in [-0.2, -0.15) is 0 Å². The summed E-state index contributed by atoms with van der Waals surface area (Å²) in [5.41, 5.74) is 1.80. The predicted octanol–water partition coefficient (Wildman–Crippen LogP) is 4.04. The number of non-ortho nitro benzene ring substituents is 1. The van der Waals surface area contributed by atoms with Gasteiger partial charge >= 0.3 is 0 Å². The number of nitro groups is 1. The minimum Gasteiger partial charge on any atom is -0.371 e. The number of nitrogens with one attached hydrogen (secondary N) is 1. The van der Waals surface area contributed by atoms with Gasteiger partial charge in [0.2, 0.25) is 0 Å². The molecule has 1 N–H and O–H groups in total. The number of piperidine rings is 1. The molecule has 2 aromatic rings. The normalized spacial score (nSPS) is 13.9. The summed E-state index contributed by atoms with van der Waals surface area (Å²) < 4.78 is 0. The first-order valence-electron chi connectivity index (χ1n) is 8.91. The van der Waals surface area contributed by atoms with Crippen LogP contribution in [0.15, 0.2) is 42.5 Å². The molecule has 0 bridgehead atoms. The monoisotopic (exact) mass is 367 g/mol. The van der Waals surface area contributed by atoms with Crippen LogP contribution in [-0.2, 0) is 0 Å². The van der Waals surface area contributed by atoms with E-state index in [0.717, 1.165) is 32.4 Å². The number of Topliss-reactive ketones (excluding diaryl/α,β-unsaturated/α-hetero) is 1. The molecule has 1 fully saturated rings. The van der Waals surface area contributed by atoms with Gasteiger partial charge in [-0.25, -0.2) is 0 Å². The molecule has 0 aliphatic carbocycles. The van der Waals surface area contributed by atoms with Gasteiger partial charge in [0.15, 0.2) is 5.78 Å². The summed E-state index contributed by atoms with van der Waals surface area (Å²) in [4.78, 5) is 37.2. The fourth-order valence-electron chi connectivity index (χ4n) is 3.24. The van der Waals surface area contributed by atoms with Crippen molar-refractivity contribution in [3.63, 3.8) is 0 Å². The fourth-order valence-corrected chi connectivity index (χ4v) is 3.24. The predicted molar refractivity (Wildman–Crippen MR) is 104 cm³/mol. The van der Waals surface area contributed by atoms with E-state index in [4.69, 9.17) is 0 Å². The maximum Gasteiger partial charge on any atom is 0.270 e. The first-order valence-corrected chi connectivity index (χ1v) is 8.91. The Kier molecular flexibility index (Phi) is 5.49. The van der Waals surface area contributed by atoms with Gasteiger partial charge in [0, 0.05) is 36.5 Å². The number of amides is 1. The first kappa shape index (κ1) is 18.6. The van der Waals surface area contributed by atoms with Gasteiger partial charge < -0.3 is 10.2 Å². The molecule has 0 spiro atoms. The summed E-state index contributed by atoms with van der Waals surface area (Å²) in [5.74, 6) is -0.532. The highest BCUT2D eigenvalue weighted by molar-refractivity contribution is 6.09. The third-order valence-electron chi connectivity index (χ3n) is 4.66. The van der Waals surface area contributed by atoms with Crippen LogP contribution in [0.2, 0.25) is 0 Å². The number of carbonyl (C=O) groups excluding carboxylic acids is 2. The molecule has 140 valence electrons. The number of hydrogen-bond acceptors (Lipinski definition) is 5. The fraction of sp³-hybridized carbons (Fsp3) is 0.300. The average Bonchev–Trinajstić information content (AvgIpc) is 2.68. The van der Waals surface area contributed by atoms with Crippen molar-refractivity contribution in [1.82, 2.24) is 0 Å². The third-order valence-corrected chi connectivity index (χ3v) is 4.66. The molecule has 0 unspecified atom stereocenters. The second-order valence-electron chi connectivity index (χ2n) is 6.60. The van der Waals surface area contributed by atoms with Gasteiger partial charge in [-0.15, -0.1) is 0 Å². The van der Waals surface area contributed by atoms with Gasteiger partial charge in [0.25, 0.3) is 11.6 Å². The Morgan fingerprint density at radius 3 is 2.48 bits per heavy atom. The van der Waals surface area contributed by atoms with Crippen LogP contribution in [0.25, 0.3) is 0 Å². The number of anilines is 2. The van der Waals surface area contributed by atoms with Crippen molar-refractivity contribution in [3.05, 3.63) is 63.7 Å². The van der Waals surface area contributed by atoms with E-state index >= 15 is 0 Å². The molecule has 7 nitrogen and oxygen atoms in total. The Hall–Kier alpha value is -3.22. The van der Waals surface area contributed by atoms with Gasteiger partial charge in [-0.1, -0.05) is 12.1 Å². The summed E-state index contributed by atoms with van der Waals surface area (Å²) >= 11 is 0. The lowest BCUT2D eigenvalue weighted by atomic mass is 10.1. The zero-order chi connectivity index (χ0) is 19.4. The van der Waals surface area contributed by atoms with E-state index < -0.39 is 10.8 Å². The number of benzene rings is 2. The van der Waals surface area contributed by atoms with Gasteiger partial charge in [-0.05, 0) is 44.4 Å². The topological polar surface area (TPSA) is 92.5 Å². The molecule has 0 atom stereocenters. The van der Waals surface area contributed by atoms with Crippen molar-refractivity contribution in [2.45, 2.75) is 26.2 Å². The number of rotatable bonds is 5. The van der Waals surface area contributed by atoms with Crippen LogP contribution in [0.5, 0.6) is 0 Å². The minimum absolute atomic E-state index is 0.101. The van der Waals surface area contributed by atoms with Crippen LogP contribution in [0.1, 0.15) is 46.9 Å². The van der Waals surface area contributed by atoms with E-state index in [9.17, 15) is 19.7 Å². The van der Waals surface area contributed by atoms with E-state index in [1.54, 1.807) is 30.3 Å². The molecule has 2 aromatic carbocycles. The van der Waals surface area contributed by atoms with Crippen molar-refractivity contribution in [2.75, 3.05) is 23.3 Å². The Balaban J connectivity index is 1.93. The van der Waals surface area contributed by atoms with Crippen LogP contribution < -0.4 is 10.2 Å². The molecule has 1 heterocycles. The molecule has 1 saturated heterocycles. The quantitative estimate of drug-likeness (QED) is 0.489. The molecule has 3 rings (SSSR count). The standard InChI is InChI=1S/C20H21N3O4/c1-14(24)15-6-5-7-16(12-15)21-20(25)18-13-17(23(26)27)8-9-19(18)22-10-3-2-4-11-22/h5-9,12-13H,2-4,10-11H2,1H3,(H,21,25). The van der Waals surface area contributed by atoms with Gasteiger partial charge in [0.05, 0.1) is 16.2 Å². The largest absolute Gasteiger partial charge is 0.371 e. The van der Waals surface area contributed by atoms with Crippen LogP contribution in [-0.4, -0.2) is 29.7 Å². The first-order chi connectivity index (χ1) is 13.0. The molecular weight excluding hydrogens is 346 g/mol. The average molecular weight is 367 g/mol. The Morgan fingerprint density at radius 1 is 1.07 bits per heavy atom. The summed E-state index contributed by atoms with van der Waals surface area (Å²) in [6.45, 7) is 3.09. The van der Waals surface area contributed by atoms with Crippen LogP contribution in [0.3, 0.4) is 0 Å². The number of ketones is 1. The Morgan fingerprint density at radius 2 is 1.81 bits per heavy atom. The Bertz CT molecular complexity index is 889. The minimum atomic E-state index is -0.507. The highest BCUT2D eigenvalue weighted by Gasteiger charge is 2.22. The molecule has 0 radical (unpaired) electrons. The zero-order valence-corrected chi connectivity index (χ0v) is 15.1. The summed E-state index contributed by atoms with van der Waals surface area (Å²) in [5, 5.41) is 13.9. The summed E-state index contributed by atoms with van der Waals surface area (Å²) in [7, 11) is 0. The van der Waals surface area contributed by atoms with E-state index in [0.29, 0.717) is 16.9 Å². The van der Waals surface area contributed by atoms with E-state index in [1.165, 1.54) is 19.1 Å². The van der Waals surface area contributed by atoms with Crippen LogP contribution >= 0.6 is 0 Å². The maximum atomic E-state index is 12.9. The third kappa shape index (κ3) is 4.31. The lowest BCUT2D eigenvalue weighted by molar-refractivity contribution is -0.384. The highest BCUT2D eigenvalue weighted by atomic mass is 16.6. The molecule has 1 aliphatic rings. The summed E-state index contributed by atoms with van der Waals surface area (Å²) in [6.07, 6.45) is 3.19. The second kappa shape index (κ2) is 7.99. The van der Waals surface area contributed by atoms with Gasteiger partial charge in [-0.3, -0.25) is 19.7 Å². The van der Waals surface area contributed by atoms with Crippen molar-refractivity contribution < 1.29 is 14.5 Å². The molecule has 0 saturated carbocycles. The highest BCUT2D eigenvalue weighted by Crippen LogP contribution is 2.29. The number of nitro benzene ring substituents is 1. The number of nitrogens with zero attached hydrogens (tertiary/aromatic N) is 2. The lowest BCUT2D eigenvalue weighted by Crippen LogP contribution is -2.31. The molecular formula is C20H21N3O4. The van der Waals surface area contributed by atoms with Gasteiger partial charge in [0.1, 0.15) is 0 Å². The molecule has 7 heteroatoms. The van der Waals surface area contributed by atoms with Crippen molar-refractivity contribution in [1.29, 1.82) is 0 Å². The summed E-state index contributed by atoms with van der Waals surface area (Å²) in [6, 6.07) is 11.0. The van der Waals surface area contributed by atoms with E-state index in [-0.39, 0.29) is 17.0 Å². The van der Waals surface area contributed by atoms with E-state index in [1.807, 2.05) is 0 Å². The Labute approximate surface area is 157 Å². The maximum absolute atomic E-state index is 12.9. The molecule has 1 amide bonds. The van der Waals surface area contributed by atoms with Crippen molar-refractivity contribution >= 4 is 28.8 Å². The number of carbonyl (C=O) groups is 2. The van der Waals surface area contributed by atoms with Crippen molar-refractivity contribution in [3.8, 4) is 0 Å². The second-order valence-corrected chi connectivity index (χ2v) is 6.60. The molecule has 1 aliphatic heterocycles. The smallest absolute Gasteiger partial charge is 0.270 e. The zero-order valence-electron chi connectivity index (χ0n) is 15.1. The number of hydrogen-bond donors (Lipinski definition) is 1. The lowest BCUT2D eigenvalue weighted by Gasteiger charge is -2.30. The van der Waals surface area contributed by atoms with Crippen LogP contribution in [0, 0.1) is 10.1 Å². The molecule has 27 heavy (non-hydrogen) atoms. The van der Waals surface area contributed by atoms with Crippen molar-refractivity contribution in [2.24, 2.45) is 0 Å². The van der Waals surface area contributed by atoms with E-state index in [2.05, 4.69) is 10.2 Å².